The van der Waals surface area contributed by atoms with Crippen molar-refractivity contribution in [1.29, 1.82) is 0 Å². The van der Waals surface area contributed by atoms with Crippen LogP contribution in [0.25, 0.3) is 0 Å². The average Bonchev–Trinajstić information content (AvgIpc) is 2.84. The zero-order valence-electron chi connectivity index (χ0n) is 11.1. The van der Waals surface area contributed by atoms with Gasteiger partial charge in [0.2, 0.25) is 0 Å². The van der Waals surface area contributed by atoms with Crippen molar-refractivity contribution in [1.82, 2.24) is 0 Å². The first kappa shape index (κ1) is 11.5. The summed E-state index contributed by atoms with van der Waals surface area (Å²) in [5.74, 6) is 0.618. The van der Waals surface area contributed by atoms with Crippen LogP contribution < -0.4 is 0 Å². The van der Waals surface area contributed by atoms with Crippen molar-refractivity contribution in [2.75, 3.05) is 0 Å². The Balaban J connectivity index is 1.67. The van der Waals surface area contributed by atoms with Gasteiger partial charge in [0, 0.05) is 16.9 Å². The fourth-order valence-electron chi connectivity index (χ4n) is 5.10. The van der Waals surface area contributed by atoms with Crippen LogP contribution in [-0.4, -0.2) is 24.1 Å². The van der Waals surface area contributed by atoms with E-state index in [1.54, 1.807) is 6.92 Å². The number of hydrogen-bond acceptors (Lipinski definition) is 4. The largest absolute Gasteiger partial charge is 0.458 e. The van der Waals surface area contributed by atoms with Crippen LogP contribution in [0.1, 0.15) is 32.6 Å². The summed E-state index contributed by atoms with van der Waals surface area (Å²) < 4.78 is 11.2. The van der Waals surface area contributed by atoms with Crippen LogP contribution in [0.15, 0.2) is 12.2 Å². The van der Waals surface area contributed by atoms with E-state index in [4.69, 9.17) is 9.47 Å². The molecule has 1 saturated heterocycles. The Morgan fingerprint density at radius 1 is 1.42 bits per heavy atom. The molecule has 6 unspecified atom stereocenters. The lowest BCUT2D eigenvalue weighted by molar-refractivity contribution is -0.160. The third-order valence-electron chi connectivity index (χ3n) is 5.66. The summed E-state index contributed by atoms with van der Waals surface area (Å²) in [4.78, 5) is 23.8. The number of hydrogen-bond donors (Lipinski definition) is 0. The van der Waals surface area contributed by atoms with Gasteiger partial charge in [-0.05, 0) is 38.5 Å². The molecule has 0 aromatic carbocycles. The summed E-state index contributed by atoms with van der Waals surface area (Å²) >= 11 is 0. The van der Waals surface area contributed by atoms with E-state index in [-0.39, 0.29) is 35.5 Å². The van der Waals surface area contributed by atoms with Crippen LogP contribution in [0.3, 0.4) is 0 Å². The molecule has 1 spiro atoms. The first-order valence-corrected chi connectivity index (χ1v) is 7.08. The zero-order chi connectivity index (χ0) is 13.4. The second-order valence-corrected chi connectivity index (χ2v) is 6.80. The number of carbonyl (C=O) groups is 2. The average molecular weight is 262 g/mol. The van der Waals surface area contributed by atoms with Crippen LogP contribution >= 0.6 is 0 Å². The molecule has 0 aromatic heterocycles. The third kappa shape index (κ3) is 1.30. The highest BCUT2D eigenvalue weighted by molar-refractivity contribution is 5.87. The standard InChI is InChI=1S/C15H18O4/c1-7(2)13(16)18-11-9-3-8-4-10-14(17)19-12(11)15(10,5-8)6-9/h8-12H,1,3-6H2,2H3. The maximum atomic E-state index is 12.0. The van der Waals surface area contributed by atoms with Gasteiger partial charge < -0.3 is 9.47 Å². The summed E-state index contributed by atoms with van der Waals surface area (Å²) in [6.07, 6.45) is 3.66. The quantitative estimate of drug-likeness (QED) is 0.563. The minimum atomic E-state index is -0.357. The Kier molecular flexibility index (Phi) is 2.06. The van der Waals surface area contributed by atoms with Crippen molar-refractivity contribution < 1.29 is 19.1 Å². The van der Waals surface area contributed by atoms with Crippen molar-refractivity contribution in [3.05, 3.63) is 12.2 Å². The van der Waals surface area contributed by atoms with Gasteiger partial charge in [-0.3, -0.25) is 4.79 Å². The van der Waals surface area contributed by atoms with E-state index in [1.165, 1.54) is 0 Å². The Morgan fingerprint density at radius 3 is 2.95 bits per heavy atom. The second-order valence-electron chi connectivity index (χ2n) is 6.80. The predicted octanol–water partition coefficient (Wildman–Crippen LogP) is 1.84. The Bertz CT molecular complexity index is 496. The summed E-state index contributed by atoms with van der Waals surface area (Å²) in [5.41, 5.74) is 0.384. The highest BCUT2D eigenvalue weighted by Crippen LogP contribution is 2.68. The van der Waals surface area contributed by atoms with Crippen LogP contribution in [0, 0.1) is 23.2 Å². The molecule has 3 saturated carbocycles. The molecule has 0 N–H and O–H groups in total. The zero-order valence-corrected chi connectivity index (χ0v) is 11.1. The maximum Gasteiger partial charge on any atom is 0.333 e. The van der Waals surface area contributed by atoms with Gasteiger partial charge in [-0.25, -0.2) is 4.79 Å². The van der Waals surface area contributed by atoms with E-state index in [2.05, 4.69) is 6.58 Å². The predicted molar refractivity (Wildman–Crippen MR) is 65.9 cm³/mol. The molecular formula is C15H18O4. The van der Waals surface area contributed by atoms with E-state index in [0.717, 1.165) is 25.7 Å². The number of esters is 2. The minimum Gasteiger partial charge on any atom is -0.458 e. The van der Waals surface area contributed by atoms with E-state index in [9.17, 15) is 9.59 Å². The molecule has 4 rings (SSSR count). The molecule has 4 heteroatoms. The molecule has 4 nitrogen and oxygen atoms in total. The molecule has 4 aliphatic rings. The number of rotatable bonds is 2. The first-order valence-electron chi connectivity index (χ1n) is 7.08. The Labute approximate surface area is 112 Å². The van der Waals surface area contributed by atoms with Gasteiger partial charge in [-0.1, -0.05) is 6.58 Å². The Hall–Kier alpha value is -1.32. The van der Waals surface area contributed by atoms with Gasteiger partial charge in [-0.15, -0.1) is 0 Å². The highest BCUT2D eigenvalue weighted by Gasteiger charge is 2.72. The fraction of sp³-hybridized carbons (Fsp3) is 0.733. The van der Waals surface area contributed by atoms with Crippen molar-refractivity contribution in [3.63, 3.8) is 0 Å². The molecule has 1 aliphatic heterocycles. The second kappa shape index (κ2) is 3.41. The van der Waals surface area contributed by atoms with Gasteiger partial charge in [-0.2, -0.15) is 0 Å². The molecule has 19 heavy (non-hydrogen) atoms. The molecule has 1 heterocycles. The fourth-order valence-corrected chi connectivity index (χ4v) is 5.10. The molecule has 0 aromatic rings. The van der Waals surface area contributed by atoms with Crippen LogP contribution in [-0.2, 0) is 19.1 Å². The first-order chi connectivity index (χ1) is 9.01. The van der Waals surface area contributed by atoms with Gasteiger partial charge in [0.15, 0.2) is 0 Å². The van der Waals surface area contributed by atoms with E-state index >= 15 is 0 Å². The van der Waals surface area contributed by atoms with Gasteiger partial charge in [0.25, 0.3) is 0 Å². The lowest BCUT2D eigenvalue weighted by Crippen LogP contribution is -2.36. The summed E-state index contributed by atoms with van der Waals surface area (Å²) in [5, 5.41) is 0. The van der Waals surface area contributed by atoms with Gasteiger partial charge in [0.05, 0.1) is 5.92 Å². The van der Waals surface area contributed by atoms with Gasteiger partial charge in [0.1, 0.15) is 12.2 Å². The molecule has 0 radical (unpaired) electrons. The van der Waals surface area contributed by atoms with E-state index in [0.29, 0.717) is 17.4 Å². The number of ether oxygens (including phenoxy) is 2. The van der Waals surface area contributed by atoms with Crippen LogP contribution in [0.2, 0.25) is 0 Å². The molecule has 3 aliphatic carbocycles. The molecule has 3 bridgehead atoms. The van der Waals surface area contributed by atoms with E-state index in [1.807, 2.05) is 0 Å². The lowest BCUT2D eigenvalue weighted by atomic mass is 9.73. The normalized spacial score (nSPS) is 49.1. The lowest BCUT2D eigenvalue weighted by Gasteiger charge is -2.28. The molecule has 6 atom stereocenters. The minimum absolute atomic E-state index is 0.0231. The van der Waals surface area contributed by atoms with Gasteiger partial charge >= 0.3 is 11.9 Å². The maximum absolute atomic E-state index is 12.0. The topological polar surface area (TPSA) is 52.6 Å². The van der Waals surface area contributed by atoms with E-state index < -0.39 is 0 Å². The summed E-state index contributed by atoms with van der Waals surface area (Å²) in [6.45, 7) is 5.27. The van der Waals surface area contributed by atoms with Crippen LogP contribution in [0.4, 0.5) is 0 Å². The molecular weight excluding hydrogens is 244 g/mol. The summed E-state index contributed by atoms with van der Waals surface area (Å²) in [6, 6.07) is 0. The van der Waals surface area contributed by atoms with Crippen molar-refractivity contribution in [2.24, 2.45) is 23.2 Å². The molecule has 102 valence electrons. The molecule has 0 amide bonds. The van der Waals surface area contributed by atoms with Crippen molar-refractivity contribution >= 4 is 11.9 Å². The van der Waals surface area contributed by atoms with Crippen LogP contribution in [0.5, 0.6) is 0 Å². The smallest absolute Gasteiger partial charge is 0.333 e. The highest BCUT2D eigenvalue weighted by atomic mass is 16.6. The van der Waals surface area contributed by atoms with Crippen molar-refractivity contribution in [3.8, 4) is 0 Å². The third-order valence-corrected chi connectivity index (χ3v) is 5.66. The Morgan fingerprint density at radius 2 is 2.21 bits per heavy atom. The summed E-state index contributed by atoms with van der Waals surface area (Å²) in [7, 11) is 0. The monoisotopic (exact) mass is 262 g/mol. The molecule has 4 fully saturated rings. The number of carbonyl (C=O) groups excluding carboxylic acids is 2. The SMILES string of the molecule is C=C(C)C(=O)OC1C2CC3CC4C(=O)OC1C4(C3)C2. The number of fused-ring (bicyclic) bond motifs is 2. The van der Waals surface area contributed by atoms with Crippen molar-refractivity contribution in [2.45, 2.75) is 44.8 Å².